The van der Waals surface area contributed by atoms with E-state index in [4.69, 9.17) is 11.5 Å². The zero-order valence-electron chi connectivity index (χ0n) is 12.5. The lowest BCUT2D eigenvalue weighted by atomic mass is 10.0. The highest BCUT2D eigenvalue weighted by Gasteiger charge is 2.09. The Labute approximate surface area is 125 Å². The lowest BCUT2D eigenvalue weighted by Crippen LogP contribution is -2.22. The zero-order valence-corrected chi connectivity index (χ0v) is 12.5. The van der Waals surface area contributed by atoms with Gasteiger partial charge in [-0.3, -0.25) is 4.79 Å². The SMILES string of the molecule is CCN(Cc1ccc(C(N)=O)cc1C)c1ccc(N)cc1. The number of primary amides is 1. The van der Waals surface area contributed by atoms with Gasteiger partial charge in [-0.15, -0.1) is 0 Å². The minimum Gasteiger partial charge on any atom is -0.399 e. The number of anilines is 2. The molecule has 0 saturated heterocycles. The molecule has 0 fully saturated rings. The van der Waals surface area contributed by atoms with Crippen LogP contribution in [0.25, 0.3) is 0 Å². The number of nitrogens with zero attached hydrogens (tertiary/aromatic N) is 1. The highest BCUT2D eigenvalue weighted by Crippen LogP contribution is 2.20. The number of aryl methyl sites for hydroxylation is 1. The van der Waals surface area contributed by atoms with Crippen LogP contribution in [0.3, 0.4) is 0 Å². The predicted octanol–water partition coefficient (Wildman–Crippen LogP) is 2.70. The molecule has 4 nitrogen and oxygen atoms in total. The molecule has 0 atom stereocenters. The summed E-state index contributed by atoms with van der Waals surface area (Å²) in [6.07, 6.45) is 0. The molecule has 0 heterocycles. The van der Waals surface area contributed by atoms with Crippen molar-refractivity contribution >= 4 is 17.3 Å². The number of nitrogens with two attached hydrogens (primary N) is 2. The van der Waals surface area contributed by atoms with Crippen molar-refractivity contribution in [1.82, 2.24) is 0 Å². The van der Waals surface area contributed by atoms with Crippen LogP contribution in [0.5, 0.6) is 0 Å². The first-order chi connectivity index (χ1) is 10.0. The van der Waals surface area contributed by atoms with Gasteiger partial charge in [0.15, 0.2) is 0 Å². The summed E-state index contributed by atoms with van der Waals surface area (Å²) in [6, 6.07) is 13.4. The number of amides is 1. The van der Waals surface area contributed by atoms with Gasteiger partial charge in [0, 0.05) is 30.0 Å². The molecule has 0 spiro atoms. The molecule has 0 aliphatic rings. The summed E-state index contributed by atoms with van der Waals surface area (Å²) in [5.41, 5.74) is 15.7. The summed E-state index contributed by atoms with van der Waals surface area (Å²) in [5, 5.41) is 0. The molecule has 1 amide bonds. The van der Waals surface area contributed by atoms with Gasteiger partial charge in [0.05, 0.1) is 0 Å². The van der Waals surface area contributed by atoms with E-state index in [1.807, 2.05) is 43.3 Å². The average molecular weight is 283 g/mol. The smallest absolute Gasteiger partial charge is 0.248 e. The summed E-state index contributed by atoms with van der Waals surface area (Å²) in [5.74, 6) is -0.393. The second kappa shape index (κ2) is 6.31. The topological polar surface area (TPSA) is 72.3 Å². The summed E-state index contributed by atoms with van der Waals surface area (Å²) in [4.78, 5) is 13.5. The Kier molecular flexibility index (Phi) is 4.48. The molecular weight excluding hydrogens is 262 g/mol. The van der Waals surface area contributed by atoms with E-state index in [-0.39, 0.29) is 0 Å². The first-order valence-electron chi connectivity index (χ1n) is 7.01. The summed E-state index contributed by atoms with van der Waals surface area (Å²) < 4.78 is 0. The highest BCUT2D eigenvalue weighted by molar-refractivity contribution is 5.93. The van der Waals surface area contributed by atoms with E-state index in [1.165, 1.54) is 5.56 Å². The largest absolute Gasteiger partial charge is 0.399 e. The fraction of sp³-hybridized carbons (Fsp3) is 0.235. The van der Waals surface area contributed by atoms with E-state index in [0.717, 1.165) is 30.0 Å². The van der Waals surface area contributed by atoms with Crippen molar-refractivity contribution in [2.24, 2.45) is 5.73 Å². The second-order valence-electron chi connectivity index (χ2n) is 5.11. The fourth-order valence-corrected chi connectivity index (χ4v) is 2.30. The van der Waals surface area contributed by atoms with Gasteiger partial charge in [0.1, 0.15) is 0 Å². The molecule has 21 heavy (non-hydrogen) atoms. The van der Waals surface area contributed by atoms with Crippen LogP contribution in [0, 0.1) is 6.92 Å². The van der Waals surface area contributed by atoms with Crippen LogP contribution < -0.4 is 16.4 Å². The van der Waals surface area contributed by atoms with Crippen LogP contribution in [-0.4, -0.2) is 12.5 Å². The molecule has 0 saturated carbocycles. The van der Waals surface area contributed by atoms with Crippen molar-refractivity contribution in [1.29, 1.82) is 0 Å². The van der Waals surface area contributed by atoms with Gasteiger partial charge in [-0.25, -0.2) is 0 Å². The van der Waals surface area contributed by atoms with E-state index in [2.05, 4.69) is 11.8 Å². The second-order valence-corrected chi connectivity index (χ2v) is 5.11. The van der Waals surface area contributed by atoms with Crippen LogP contribution in [-0.2, 0) is 6.54 Å². The Morgan fingerprint density at radius 3 is 2.33 bits per heavy atom. The van der Waals surface area contributed by atoms with E-state index in [1.54, 1.807) is 6.07 Å². The number of hydrogen-bond acceptors (Lipinski definition) is 3. The first kappa shape index (κ1) is 14.9. The molecular formula is C17H21N3O. The molecule has 0 aliphatic carbocycles. The maximum Gasteiger partial charge on any atom is 0.248 e. The number of carbonyl (C=O) groups excluding carboxylic acids is 1. The van der Waals surface area contributed by atoms with Crippen LogP contribution in [0.2, 0.25) is 0 Å². The molecule has 0 bridgehead atoms. The molecule has 2 aromatic rings. The lowest BCUT2D eigenvalue weighted by molar-refractivity contribution is 0.1000. The van der Waals surface area contributed by atoms with Gasteiger partial charge in [-0.2, -0.15) is 0 Å². The Hall–Kier alpha value is -2.49. The molecule has 0 aliphatic heterocycles. The molecule has 2 rings (SSSR count). The summed E-state index contributed by atoms with van der Waals surface area (Å²) >= 11 is 0. The Morgan fingerprint density at radius 1 is 1.14 bits per heavy atom. The summed E-state index contributed by atoms with van der Waals surface area (Å²) in [7, 11) is 0. The van der Waals surface area contributed by atoms with E-state index in [0.29, 0.717) is 5.56 Å². The molecule has 0 aromatic heterocycles. The number of hydrogen-bond donors (Lipinski definition) is 2. The van der Waals surface area contributed by atoms with Crippen molar-refractivity contribution in [3.63, 3.8) is 0 Å². The third-order valence-electron chi connectivity index (χ3n) is 3.63. The summed E-state index contributed by atoms with van der Waals surface area (Å²) in [6.45, 7) is 5.79. The van der Waals surface area contributed by atoms with Gasteiger partial charge in [0.2, 0.25) is 5.91 Å². The average Bonchev–Trinajstić information content (AvgIpc) is 2.47. The van der Waals surface area contributed by atoms with Gasteiger partial charge in [0.25, 0.3) is 0 Å². The van der Waals surface area contributed by atoms with Gasteiger partial charge in [-0.05, 0) is 61.4 Å². The number of benzene rings is 2. The molecule has 4 N–H and O–H groups in total. The van der Waals surface area contributed by atoms with Crippen molar-refractivity contribution in [2.75, 3.05) is 17.2 Å². The van der Waals surface area contributed by atoms with Crippen LogP contribution >= 0.6 is 0 Å². The van der Waals surface area contributed by atoms with Crippen LogP contribution in [0.4, 0.5) is 11.4 Å². The molecule has 0 unspecified atom stereocenters. The highest BCUT2D eigenvalue weighted by atomic mass is 16.1. The zero-order chi connectivity index (χ0) is 15.4. The van der Waals surface area contributed by atoms with E-state index in [9.17, 15) is 4.79 Å². The number of rotatable bonds is 5. The van der Waals surface area contributed by atoms with Crippen LogP contribution in [0.15, 0.2) is 42.5 Å². The predicted molar refractivity (Wildman–Crippen MR) is 87.3 cm³/mol. The van der Waals surface area contributed by atoms with Crippen molar-refractivity contribution in [3.8, 4) is 0 Å². The molecule has 110 valence electrons. The maximum absolute atomic E-state index is 11.2. The number of nitrogen functional groups attached to an aromatic ring is 1. The fourth-order valence-electron chi connectivity index (χ4n) is 2.30. The molecule has 4 heteroatoms. The minimum absolute atomic E-state index is 0.393. The van der Waals surface area contributed by atoms with E-state index < -0.39 is 5.91 Å². The minimum atomic E-state index is -0.393. The third kappa shape index (κ3) is 3.54. The quantitative estimate of drug-likeness (QED) is 0.829. The van der Waals surface area contributed by atoms with Crippen molar-refractivity contribution in [3.05, 3.63) is 59.2 Å². The van der Waals surface area contributed by atoms with Crippen LogP contribution in [0.1, 0.15) is 28.4 Å². The van der Waals surface area contributed by atoms with Gasteiger partial charge < -0.3 is 16.4 Å². The molecule has 2 aromatic carbocycles. The normalized spacial score (nSPS) is 10.4. The Bertz CT molecular complexity index is 635. The lowest BCUT2D eigenvalue weighted by Gasteiger charge is -2.24. The maximum atomic E-state index is 11.2. The van der Waals surface area contributed by atoms with E-state index >= 15 is 0 Å². The van der Waals surface area contributed by atoms with Gasteiger partial charge >= 0.3 is 0 Å². The van der Waals surface area contributed by atoms with Gasteiger partial charge in [-0.1, -0.05) is 6.07 Å². The molecule has 0 radical (unpaired) electrons. The van der Waals surface area contributed by atoms with Crippen molar-refractivity contribution in [2.45, 2.75) is 20.4 Å². The number of carbonyl (C=O) groups is 1. The first-order valence-corrected chi connectivity index (χ1v) is 7.01. The van der Waals surface area contributed by atoms with Crippen molar-refractivity contribution < 1.29 is 4.79 Å². The monoisotopic (exact) mass is 283 g/mol. The standard InChI is InChI=1S/C17H21N3O/c1-3-20(16-8-6-15(18)7-9-16)11-14-5-4-13(17(19)21)10-12(14)2/h4-10H,3,11,18H2,1-2H3,(H2,19,21). The third-order valence-corrected chi connectivity index (χ3v) is 3.63. The Morgan fingerprint density at radius 2 is 1.81 bits per heavy atom. The Balaban J connectivity index is 2.22.